The molecule has 5 aromatic rings. The molecule has 0 saturated heterocycles. The lowest BCUT2D eigenvalue weighted by Crippen LogP contribution is -2.39. The number of rotatable bonds is 7. The molecule has 1 saturated carbocycles. The number of pyridine rings is 3. The van der Waals surface area contributed by atoms with Crippen LogP contribution in [0.2, 0.25) is 5.02 Å². The standard InChI is InChI=1S/C32H30ClN7O3/c1-20-26(15-22(33)16-35-20)30(41)37-23-10-8-21(9-11-23)19-39-28-6-2-3-7-29(28)40(32(39)43)25-12-13-27(36-18-25)31(42)38-24-5-4-14-34-17-24/h2-7,12-18,21,23H,8-11,19H2,1H3,(H,37,41)(H,38,42)/t21-,23-. The van der Waals surface area contributed by atoms with E-state index in [2.05, 4.69) is 25.6 Å². The van der Waals surface area contributed by atoms with Crippen molar-refractivity contribution in [3.05, 3.63) is 112 Å². The predicted molar refractivity (Wildman–Crippen MR) is 165 cm³/mol. The first-order valence-electron chi connectivity index (χ1n) is 14.2. The van der Waals surface area contributed by atoms with Gasteiger partial charge in [-0.25, -0.2) is 9.78 Å². The number of carbonyl (C=O) groups excluding carboxylic acids is 2. The van der Waals surface area contributed by atoms with Gasteiger partial charge in [0.05, 0.1) is 51.1 Å². The Morgan fingerprint density at radius 2 is 1.72 bits per heavy atom. The number of para-hydroxylation sites is 2. The van der Waals surface area contributed by atoms with Crippen LogP contribution < -0.4 is 16.3 Å². The summed E-state index contributed by atoms with van der Waals surface area (Å²) in [6.07, 6.45) is 9.67. The number of imidazole rings is 1. The number of fused-ring (bicyclic) bond motifs is 1. The van der Waals surface area contributed by atoms with Crippen molar-refractivity contribution in [2.24, 2.45) is 5.92 Å². The normalized spacial score (nSPS) is 16.6. The first-order chi connectivity index (χ1) is 20.9. The minimum Gasteiger partial charge on any atom is -0.349 e. The molecule has 0 unspecified atom stereocenters. The topological polar surface area (TPSA) is 124 Å². The fourth-order valence-corrected chi connectivity index (χ4v) is 5.82. The fraction of sp³-hybridized carbons (Fsp3) is 0.250. The third kappa shape index (κ3) is 6.05. The zero-order valence-corrected chi connectivity index (χ0v) is 24.3. The Balaban J connectivity index is 1.15. The molecular formula is C32H30ClN7O3. The van der Waals surface area contributed by atoms with E-state index in [1.54, 1.807) is 60.4 Å². The van der Waals surface area contributed by atoms with Gasteiger partial charge in [0, 0.05) is 25.0 Å². The van der Waals surface area contributed by atoms with Gasteiger partial charge in [0.25, 0.3) is 11.8 Å². The number of carbonyl (C=O) groups is 2. The quantitative estimate of drug-likeness (QED) is 0.267. The third-order valence-electron chi connectivity index (χ3n) is 7.91. The number of halogens is 1. The number of aromatic nitrogens is 5. The number of aryl methyl sites for hydroxylation is 1. The van der Waals surface area contributed by atoms with Crippen molar-refractivity contribution in [1.29, 1.82) is 0 Å². The van der Waals surface area contributed by atoms with Crippen LogP contribution in [0.1, 0.15) is 52.2 Å². The molecule has 10 nitrogen and oxygen atoms in total. The molecule has 1 aliphatic carbocycles. The second kappa shape index (κ2) is 12.2. The number of nitrogens with one attached hydrogen (secondary N) is 2. The van der Waals surface area contributed by atoms with Crippen LogP contribution in [0.3, 0.4) is 0 Å². The number of hydrogen-bond acceptors (Lipinski definition) is 6. The van der Waals surface area contributed by atoms with Gasteiger partial charge >= 0.3 is 5.69 Å². The SMILES string of the molecule is Cc1ncc(Cl)cc1C(=O)N[C@H]1CC[C@H](Cn2c(=O)n(-c3ccc(C(=O)Nc4cccnc4)nc3)c3ccccc32)CC1. The van der Waals surface area contributed by atoms with E-state index in [1.165, 1.54) is 6.20 Å². The van der Waals surface area contributed by atoms with Gasteiger partial charge in [-0.2, -0.15) is 0 Å². The minimum absolute atomic E-state index is 0.0557. The van der Waals surface area contributed by atoms with Crippen LogP contribution in [-0.2, 0) is 6.54 Å². The highest BCUT2D eigenvalue weighted by molar-refractivity contribution is 6.30. The van der Waals surface area contributed by atoms with Crippen LogP contribution in [0.5, 0.6) is 0 Å². The summed E-state index contributed by atoms with van der Waals surface area (Å²) in [5, 5.41) is 6.33. The lowest BCUT2D eigenvalue weighted by molar-refractivity contribution is 0.0918. The van der Waals surface area contributed by atoms with Crippen molar-refractivity contribution >= 4 is 40.1 Å². The van der Waals surface area contributed by atoms with Gasteiger partial charge in [0.15, 0.2) is 0 Å². The second-order valence-corrected chi connectivity index (χ2v) is 11.2. The van der Waals surface area contributed by atoms with Gasteiger partial charge in [-0.05, 0) is 81.0 Å². The molecule has 0 radical (unpaired) electrons. The maximum atomic E-state index is 13.8. The third-order valence-corrected chi connectivity index (χ3v) is 8.12. The Morgan fingerprint density at radius 1 is 0.930 bits per heavy atom. The summed E-state index contributed by atoms with van der Waals surface area (Å²) >= 11 is 6.05. The summed E-state index contributed by atoms with van der Waals surface area (Å²) in [7, 11) is 0. The molecule has 6 rings (SSSR count). The summed E-state index contributed by atoms with van der Waals surface area (Å²) in [6, 6.07) is 16.2. The summed E-state index contributed by atoms with van der Waals surface area (Å²) in [4.78, 5) is 51.8. The maximum absolute atomic E-state index is 13.8. The van der Waals surface area contributed by atoms with Crippen LogP contribution in [0.25, 0.3) is 16.7 Å². The monoisotopic (exact) mass is 595 g/mol. The fourth-order valence-electron chi connectivity index (χ4n) is 5.67. The van der Waals surface area contributed by atoms with E-state index < -0.39 is 0 Å². The molecule has 0 spiro atoms. The molecule has 4 heterocycles. The number of benzene rings is 1. The molecule has 2 amide bonds. The van der Waals surface area contributed by atoms with E-state index in [0.29, 0.717) is 34.2 Å². The average molecular weight is 596 g/mol. The number of anilines is 1. The number of amides is 2. The van der Waals surface area contributed by atoms with E-state index in [9.17, 15) is 14.4 Å². The molecule has 2 N–H and O–H groups in total. The zero-order valence-electron chi connectivity index (χ0n) is 23.5. The van der Waals surface area contributed by atoms with E-state index in [4.69, 9.17) is 11.6 Å². The second-order valence-electron chi connectivity index (χ2n) is 10.8. The van der Waals surface area contributed by atoms with E-state index in [-0.39, 0.29) is 35.2 Å². The highest BCUT2D eigenvalue weighted by atomic mass is 35.5. The van der Waals surface area contributed by atoms with Crippen molar-refractivity contribution < 1.29 is 9.59 Å². The molecule has 4 aromatic heterocycles. The maximum Gasteiger partial charge on any atom is 0.333 e. The minimum atomic E-state index is -0.361. The molecule has 1 fully saturated rings. The Bertz CT molecular complexity index is 1840. The van der Waals surface area contributed by atoms with Crippen LogP contribution >= 0.6 is 11.6 Å². The van der Waals surface area contributed by atoms with Crippen molar-refractivity contribution in [3.63, 3.8) is 0 Å². The van der Waals surface area contributed by atoms with Gasteiger partial charge in [-0.3, -0.25) is 28.7 Å². The van der Waals surface area contributed by atoms with Crippen molar-refractivity contribution in [1.82, 2.24) is 29.4 Å². The summed E-state index contributed by atoms with van der Waals surface area (Å²) < 4.78 is 3.46. The smallest absolute Gasteiger partial charge is 0.333 e. The van der Waals surface area contributed by atoms with Gasteiger partial charge in [0.1, 0.15) is 5.69 Å². The lowest BCUT2D eigenvalue weighted by Gasteiger charge is -2.29. The van der Waals surface area contributed by atoms with Gasteiger partial charge < -0.3 is 10.6 Å². The van der Waals surface area contributed by atoms with Gasteiger partial charge in [-0.1, -0.05) is 23.7 Å². The van der Waals surface area contributed by atoms with Crippen molar-refractivity contribution in [3.8, 4) is 5.69 Å². The first-order valence-corrected chi connectivity index (χ1v) is 14.6. The Labute approximate surface area is 252 Å². The van der Waals surface area contributed by atoms with Crippen molar-refractivity contribution in [2.75, 3.05) is 5.32 Å². The average Bonchev–Trinajstić information content (AvgIpc) is 3.30. The van der Waals surface area contributed by atoms with Gasteiger partial charge in [0.2, 0.25) is 0 Å². The van der Waals surface area contributed by atoms with E-state index in [0.717, 1.165) is 36.7 Å². The molecule has 218 valence electrons. The molecule has 0 atom stereocenters. The molecular weight excluding hydrogens is 566 g/mol. The molecule has 1 aliphatic rings. The van der Waals surface area contributed by atoms with Crippen LogP contribution in [-0.4, -0.2) is 41.9 Å². The van der Waals surface area contributed by atoms with Crippen LogP contribution in [0, 0.1) is 12.8 Å². The van der Waals surface area contributed by atoms with Crippen LogP contribution in [0.4, 0.5) is 5.69 Å². The van der Waals surface area contributed by atoms with E-state index in [1.807, 2.05) is 28.8 Å². The highest BCUT2D eigenvalue weighted by Crippen LogP contribution is 2.28. The first kappa shape index (κ1) is 28.3. The molecule has 0 bridgehead atoms. The highest BCUT2D eigenvalue weighted by Gasteiger charge is 2.26. The van der Waals surface area contributed by atoms with Crippen LogP contribution in [0.15, 0.2) is 84.2 Å². The summed E-state index contributed by atoms with van der Waals surface area (Å²) in [5.74, 6) is -0.235. The molecule has 43 heavy (non-hydrogen) atoms. The largest absolute Gasteiger partial charge is 0.349 e. The molecule has 1 aromatic carbocycles. The number of hydrogen-bond donors (Lipinski definition) is 2. The molecule has 11 heteroatoms. The predicted octanol–water partition coefficient (Wildman–Crippen LogP) is 5.18. The Kier molecular flexibility index (Phi) is 8.02. The zero-order chi connectivity index (χ0) is 29.9. The molecule has 0 aliphatic heterocycles. The Hall–Kier alpha value is -4.83. The summed E-state index contributed by atoms with van der Waals surface area (Å²) in [5.41, 5.74) is 3.97. The number of nitrogens with zero attached hydrogens (tertiary/aromatic N) is 5. The summed E-state index contributed by atoms with van der Waals surface area (Å²) in [6.45, 7) is 2.37. The van der Waals surface area contributed by atoms with Crippen molar-refractivity contribution in [2.45, 2.75) is 45.2 Å². The van der Waals surface area contributed by atoms with E-state index >= 15 is 0 Å². The van der Waals surface area contributed by atoms with Gasteiger partial charge in [-0.15, -0.1) is 0 Å². The Morgan fingerprint density at radius 3 is 2.44 bits per heavy atom. The lowest BCUT2D eigenvalue weighted by atomic mass is 9.85.